The molecule has 10 heteroatoms. The van der Waals surface area contributed by atoms with Crippen LogP contribution in [-0.4, -0.2) is 55.2 Å². The van der Waals surface area contributed by atoms with E-state index in [-0.39, 0.29) is 25.0 Å². The second-order valence-electron chi connectivity index (χ2n) is 7.14. The van der Waals surface area contributed by atoms with Crippen LogP contribution < -0.4 is 10.6 Å². The Labute approximate surface area is 178 Å². The maximum absolute atomic E-state index is 12.4. The van der Waals surface area contributed by atoms with Crippen LogP contribution >= 0.6 is 0 Å². The maximum Gasteiger partial charge on any atom is 0.319 e. The summed E-state index contributed by atoms with van der Waals surface area (Å²) in [5.41, 5.74) is 2.39. The van der Waals surface area contributed by atoms with Gasteiger partial charge in [-0.05, 0) is 30.3 Å². The van der Waals surface area contributed by atoms with Gasteiger partial charge in [0, 0.05) is 55.2 Å². The first-order valence-electron chi connectivity index (χ1n) is 9.64. The van der Waals surface area contributed by atoms with Crippen molar-refractivity contribution in [2.75, 3.05) is 19.4 Å². The lowest BCUT2D eigenvalue weighted by Crippen LogP contribution is -2.28. The molecule has 0 aliphatic heterocycles. The van der Waals surface area contributed by atoms with Crippen molar-refractivity contribution in [1.82, 2.24) is 34.5 Å². The topological polar surface area (TPSA) is 110 Å². The SMILES string of the molecule is CN(C)C(=O)Cn1ccc2cc(NC(=O)NCc3cccnc3-n3cncn3)ccc21. The molecule has 2 N–H and O–H groups in total. The van der Waals surface area contributed by atoms with Crippen molar-refractivity contribution in [1.29, 1.82) is 0 Å². The van der Waals surface area contributed by atoms with Crippen molar-refractivity contribution in [3.8, 4) is 5.82 Å². The summed E-state index contributed by atoms with van der Waals surface area (Å²) in [6.45, 7) is 0.545. The van der Waals surface area contributed by atoms with Crippen LogP contribution in [0.4, 0.5) is 10.5 Å². The van der Waals surface area contributed by atoms with E-state index in [2.05, 4.69) is 25.7 Å². The Morgan fingerprint density at radius 1 is 1.16 bits per heavy atom. The van der Waals surface area contributed by atoms with E-state index in [1.807, 2.05) is 41.1 Å². The van der Waals surface area contributed by atoms with E-state index in [9.17, 15) is 9.59 Å². The predicted molar refractivity (Wildman–Crippen MR) is 116 cm³/mol. The zero-order valence-corrected chi connectivity index (χ0v) is 17.2. The third kappa shape index (κ3) is 4.53. The summed E-state index contributed by atoms with van der Waals surface area (Å²) >= 11 is 0. The number of hydrogen-bond donors (Lipinski definition) is 2. The number of hydrogen-bond acceptors (Lipinski definition) is 5. The van der Waals surface area contributed by atoms with Crippen LogP contribution in [0.1, 0.15) is 5.56 Å². The normalized spacial score (nSPS) is 10.8. The van der Waals surface area contributed by atoms with Gasteiger partial charge in [0.05, 0.1) is 0 Å². The monoisotopic (exact) mass is 418 g/mol. The van der Waals surface area contributed by atoms with Gasteiger partial charge in [-0.3, -0.25) is 4.79 Å². The molecule has 4 aromatic rings. The lowest BCUT2D eigenvalue weighted by atomic mass is 10.2. The molecular formula is C21H22N8O2. The quantitative estimate of drug-likeness (QED) is 0.498. The Bertz CT molecular complexity index is 1210. The van der Waals surface area contributed by atoms with Crippen LogP contribution in [0.3, 0.4) is 0 Å². The minimum atomic E-state index is -0.338. The molecule has 3 amide bonds. The highest BCUT2D eigenvalue weighted by atomic mass is 16.2. The number of urea groups is 1. The summed E-state index contributed by atoms with van der Waals surface area (Å²) in [4.78, 5) is 34.2. The molecule has 10 nitrogen and oxygen atoms in total. The molecule has 0 aliphatic carbocycles. The summed E-state index contributed by atoms with van der Waals surface area (Å²) in [5, 5.41) is 10.7. The van der Waals surface area contributed by atoms with Crippen molar-refractivity contribution < 1.29 is 9.59 Å². The molecular weight excluding hydrogens is 396 g/mol. The molecule has 3 heterocycles. The van der Waals surface area contributed by atoms with Crippen molar-refractivity contribution >= 4 is 28.5 Å². The van der Waals surface area contributed by atoms with Gasteiger partial charge in [0.2, 0.25) is 5.91 Å². The van der Waals surface area contributed by atoms with Gasteiger partial charge in [-0.2, -0.15) is 5.10 Å². The molecule has 0 aliphatic rings. The summed E-state index contributed by atoms with van der Waals surface area (Å²) in [7, 11) is 3.46. The number of carbonyl (C=O) groups is 2. The van der Waals surface area contributed by atoms with E-state index >= 15 is 0 Å². The lowest BCUT2D eigenvalue weighted by Gasteiger charge is -2.12. The average molecular weight is 418 g/mol. The Morgan fingerprint density at radius 3 is 2.81 bits per heavy atom. The van der Waals surface area contributed by atoms with E-state index in [1.165, 1.54) is 6.33 Å². The molecule has 1 aromatic carbocycles. The van der Waals surface area contributed by atoms with Crippen molar-refractivity contribution in [3.63, 3.8) is 0 Å². The molecule has 0 bridgehead atoms. The summed E-state index contributed by atoms with van der Waals surface area (Å²) in [5.74, 6) is 0.620. The number of pyridine rings is 1. The van der Waals surface area contributed by atoms with Gasteiger partial charge in [-0.1, -0.05) is 6.07 Å². The standard InChI is InChI=1S/C21H22N8O2/c1-27(2)19(30)12-28-9-7-15-10-17(5-6-18(15)28)26-21(31)24-11-16-4-3-8-23-20(16)29-14-22-13-25-29/h3-10,13-14H,11-12H2,1-2H3,(H2,24,26,31). The minimum Gasteiger partial charge on any atom is -0.347 e. The fourth-order valence-corrected chi connectivity index (χ4v) is 3.15. The van der Waals surface area contributed by atoms with Gasteiger partial charge >= 0.3 is 6.03 Å². The highest BCUT2D eigenvalue weighted by Gasteiger charge is 2.11. The molecule has 31 heavy (non-hydrogen) atoms. The number of aromatic nitrogens is 5. The first-order valence-corrected chi connectivity index (χ1v) is 9.64. The van der Waals surface area contributed by atoms with Crippen molar-refractivity contribution in [2.45, 2.75) is 13.1 Å². The van der Waals surface area contributed by atoms with Crippen LogP contribution in [0.25, 0.3) is 16.7 Å². The number of carbonyl (C=O) groups excluding carboxylic acids is 2. The number of rotatable bonds is 6. The van der Waals surface area contributed by atoms with Gasteiger partial charge in [0.25, 0.3) is 0 Å². The van der Waals surface area contributed by atoms with E-state index in [1.54, 1.807) is 42.3 Å². The van der Waals surface area contributed by atoms with Crippen LogP contribution in [0.5, 0.6) is 0 Å². The third-order valence-electron chi connectivity index (χ3n) is 4.78. The number of anilines is 1. The highest BCUT2D eigenvalue weighted by molar-refractivity contribution is 5.93. The van der Waals surface area contributed by atoms with E-state index in [0.29, 0.717) is 11.5 Å². The van der Waals surface area contributed by atoms with Crippen LogP contribution in [0.15, 0.2) is 61.4 Å². The van der Waals surface area contributed by atoms with Gasteiger partial charge in [0.1, 0.15) is 19.2 Å². The summed E-state index contributed by atoms with van der Waals surface area (Å²) < 4.78 is 3.43. The first-order chi connectivity index (χ1) is 15.0. The van der Waals surface area contributed by atoms with Gasteiger partial charge in [-0.15, -0.1) is 0 Å². The van der Waals surface area contributed by atoms with Gasteiger partial charge in [0.15, 0.2) is 5.82 Å². The Balaban J connectivity index is 1.41. The Morgan fingerprint density at radius 2 is 2.03 bits per heavy atom. The number of nitrogens with one attached hydrogen (secondary N) is 2. The number of likely N-dealkylation sites (N-methyl/N-ethyl adjacent to an activating group) is 1. The molecule has 0 fully saturated rings. The zero-order valence-electron chi connectivity index (χ0n) is 17.2. The number of amides is 3. The van der Waals surface area contributed by atoms with Crippen molar-refractivity contribution in [3.05, 3.63) is 67.0 Å². The van der Waals surface area contributed by atoms with Gasteiger partial charge < -0.3 is 20.1 Å². The summed E-state index contributed by atoms with van der Waals surface area (Å²) in [6, 6.07) is 10.8. The van der Waals surface area contributed by atoms with Crippen LogP contribution in [-0.2, 0) is 17.9 Å². The third-order valence-corrected chi connectivity index (χ3v) is 4.78. The molecule has 0 radical (unpaired) electrons. The lowest BCUT2D eigenvalue weighted by molar-refractivity contribution is -0.129. The Kier molecular flexibility index (Phi) is 5.61. The largest absolute Gasteiger partial charge is 0.347 e. The van der Waals surface area contributed by atoms with E-state index in [0.717, 1.165) is 16.5 Å². The maximum atomic E-state index is 12.4. The van der Waals surface area contributed by atoms with Crippen LogP contribution in [0, 0.1) is 0 Å². The molecule has 158 valence electrons. The number of benzene rings is 1. The molecule has 0 unspecified atom stereocenters. The molecule has 0 spiro atoms. The molecule has 0 saturated carbocycles. The Hall–Kier alpha value is -4.21. The fourth-order valence-electron chi connectivity index (χ4n) is 3.15. The molecule has 3 aromatic heterocycles. The summed E-state index contributed by atoms with van der Waals surface area (Å²) in [6.07, 6.45) is 6.51. The fraction of sp³-hybridized carbons (Fsp3) is 0.190. The minimum absolute atomic E-state index is 0.0137. The molecule has 4 rings (SSSR count). The molecule has 0 atom stereocenters. The second kappa shape index (κ2) is 8.66. The van der Waals surface area contributed by atoms with Crippen molar-refractivity contribution in [2.24, 2.45) is 0 Å². The first kappa shape index (κ1) is 20.1. The smallest absolute Gasteiger partial charge is 0.319 e. The zero-order chi connectivity index (χ0) is 21.8. The molecule has 0 saturated heterocycles. The second-order valence-corrected chi connectivity index (χ2v) is 7.14. The highest BCUT2D eigenvalue weighted by Crippen LogP contribution is 2.21. The van der Waals surface area contributed by atoms with E-state index < -0.39 is 0 Å². The van der Waals surface area contributed by atoms with Gasteiger partial charge in [-0.25, -0.2) is 19.4 Å². The number of fused-ring (bicyclic) bond motifs is 1. The van der Waals surface area contributed by atoms with E-state index in [4.69, 9.17) is 0 Å². The van der Waals surface area contributed by atoms with Crippen LogP contribution in [0.2, 0.25) is 0 Å². The predicted octanol–water partition coefficient (Wildman–Crippen LogP) is 2.03. The number of nitrogens with zero attached hydrogens (tertiary/aromatic N) is 6. The average Bonchev–Trinajstić information content (AvgIpc) is 3.43.